The third kappa shape index (κ3) is 1.97. The fraction of sp³-hybridized carbons (Fsp3) is 0.533. The highest BCUT2D eigenvalue weighted by Crippen LogP contribution is 2.24. The zero-order valence-corrected chi connectivity index (χ0v) is 13.0. The van der Waals surface area contributed by atoms with Crippen molar-refractivity contribution in [2.45, 2.75) is 52.6 Å². The zero-order chi connectivity index (χ0) is 15.5. The molecule has 112 valence electrons. The summed E-state index contributed by atoms with van der Waals surface area (Å²) in [6.45, 7) is 10.4. The first-order chi connectivity index (χ1) is 9.70. The van der Waals surface area contributed by atoms with E-state index in [2.05, 4.69) is 30.9 Å². The fourth-order valence-electron chi connectivity index (χ4n) is 2.56. The second-order valence-electron chi connectivity index (χ2n) is 6.88. The van der Waals surface area contributed by atoms with E-state index in [9.17, 15) is 9.59 Å². The molecule has 3 heterocycles. The van der Waals surface area contributed by atoms with Crippen molar-refractivity contribution in [3.63, 3.8) is 0 Å². The molecule has 1 aliphatic heterocycles. The van der Waals surface area contributed by atoms with Gasteiger partial charge in [0.05, 0.1) is 12.1 Å². The van der Waals surface area contributed by atoms with Gasteiger partial charge in [0, 0.05) is 23.2 Å². The Morgan fingerprint density at radius 2 is 1.95 bits per heavy atom. The predicted molar refractivity (Wildman–Crippen MR) is 79.5 cm³/mol. The van der Waals surface area contributed by atoms with E-state index >= 15 is 0 Å². The van der Waals surface area contributed by atoms with Crippen LogP contribution in [0.3, 0.4) is 0 Å². The summed E-state index contributed by atoms with van der Waals surface area (Å²) in [4.78, 5) is 31.0. The molecule has 0 spiro atoms. The van der Waals surface area contributed by atoms with Crippen LogP contribution in [0.5, 0.6) is 0 Å². The van der Waals surface area contributed by atoms with Crippen LogP contribution < -0.4 is 5.56 Å². The van der Waals surface area contributed by atoms with Crippen LogP contribution in [0.4, 0.5) is 0 Å². The maximum absolute atomic E-state index is 12.6. The third-order valence-electron chi connectivity index (χ3n) is 3.93. The lowest BCUT2D eigenvalue weighted by Crippen LogP contribution is -2.31. The van der Waals surface area contributed by atoms with Crippen molar-refractivity contribution in [1.82, 2.24) is 19.5 Å². The summed E-state index contributed by atoms with van der Waals surface area (Å²) < 4.78 is 1.44. The smallest absolute Gasteiger partial charge is 0.278 e. The van der Waals surface area contributed by atoms with Gasteiger partial charge >= 0.3 is 0 Å². The van der Waals surface area contributed by atoms with Gasteiger partial charge < -0.3 is 4.90 Å². The van der Waals surface area contributed by atoms with Crippen molar-refractivity contribution in [2.24, 2.45) is 0 Å². The second-order valence-corrected chi connectivity index (χ2v) is 6.88. The Bertz CT molecular complexity index is 792. The molecule has 0 saturated carbocycles. The molecule has 2 aromatic heterocycles. The number of aromatic amines is 1. The molecule has 0 saturated heterocycles. The van der Waals surface area contributed by atoms with Gasteiger partial charge in [0.1, 0.15) is 5.69 Å². The van der Waals surface area contributed by atoms with E-state index in [1.54, 1.807) is 4.90 Å². The molecule has 1 N–H and O–H groups in total. The van der Waals surface area contributed by atoms with Crippen LogP contribution in [0.15, 0.2) is 10.9 Å². The van der Waals surface area contributed by atoms with Gasteiger partial charge in [-0.2, -0.15) is 0 Å². The summed E-state index contributed by atoms with van der Waals surface area (Å²) >= 11 is 0. The van der Waals surface area contributed by atoms with Crippen molar-refractivity contribution in [3.8, 4) is 0 Å². The van der Waals surface area contributed by atoms with Gasteiger partial charge in [-0.05, 0) is 13.8 Å². The molecule has 3 rings (SSSR count). The summed E-state index contributed by atoms with van der Waals surface area (Å²) in [7, 11) is 0. The van der Waals surface area contributed by atoms with E-state index < -0.39 is 0 Å². The van der Waals surface area contributed by atoms with E-state index in [-0.39, 0.29) is 22.9 Å². The Balaban J connectivity index is 2.22. The normalized spacial score (nSPS) is 15.3. The average molecular weight is 288 g/mol. The maximum atomic E-state index is 12.6. The number of fused-ring (bicyclic) bond motifs is 2. The fourth-order valence-corrected chi connectivity index (χ4v) is 2.56. The van der Waals surface area contributed by atoms with Gasteiger partial charge in [0.15, 0.2) is 5.65 Å². The molecule has 1 amide bonds. The minimum atomic E-state index is -0.179. The summed E-state index contributed by atoms with van der Waals surface area (Å²) in [6, 6.07) is 1.90. The summed E-state index contributed by atoms with van der Waals surface area (Å²) in [5, 5.41) is 3.10. The number of rotatable bonds is 1. The summed E-state index contributed by atoms with van der Waals surface area (Å²) in [5.41, 5.74) is 1.91. The molecule has 0 aromatic carbocycles. The van der Waals surface area contributed by atoms with Crippen LogP contribution in [0.2, 0.25) is 0 Å². The Labute approximate surface area is 122 Å². The van der Waals surface area contributed by atoms with Crippen LogP contribution in [0, 0.1) is 0 Å². The molecule has 1 aliphatic rings. The Hall–Kier alpha value is -2.11. The van der Waals surface area contributed by atoms with Crippen molar-refractivity contribution >= 4 is 11.6 Å². The van der Waals surface area contributed by atoms with Crippen molar-refractivity contribution in [2.75, 3.05) is 0 Å². The maximum Gasteiger partial charge on any atom is 0.278 e. The number of amides is 1. The van der Waals surface area contributed by atoms with E-state index in [0.29, 0.717) is 23.4 Å². The minimum Gasteiger partial charge on any atom is -0.330 e. The van der Waals surface area contributed by atoms with Gasteiger partial charge in [-0.1, -0.05) is 20.8 Å². The van der Waals surface area contributed by atoms with Gasteiger partial charge in [0.25, 0.3) is 11.5 Å². The topological polar surface area (TPSA) is 70.5 Å². The summed E-state index contributed by atoms with van der Waals surface area (Å²) in [5.74, 6) is -0.155. The molecule has 0 aliphatic carbocycles. The third-order valence-corrected chi connectivity index (χ3v) is 3.93. The minimum absolute atomic E-state index is 0.0552. The highest BCUT2D eigenvalue weighted by atomic mass is 16.2. The Morgan fingerprint density at radius 3 is 2.52 bits per heavy atom. The Kier molecular flexibility index (Phi) is 2.77. The monoisotopic (exact) mass is 288 g/mol. The lowest BCUT2D eigenvalue weighted by molar-refractivity contribution is 0.0726. The highest BCUT2D eigenvalue weighted by Gasteiger charge is 2.34. The van der Waals surface area contributed by atoms with E-state index in [0.717, 1.165) is 5.69 Å². The molecule has 2 aromatic rings. The molecular weight excluding hydrogens is 268 g/mol. The van der Waals surface area contributed by atoms with Crippen molar-refractivity contribution in [3.05, 3.63) is 33.4 Å². The molecule has 0 fully saturated rings. The number of carbonyl (C=O) groups is 1. The highest BCUT2D eigenvalue weighted by molar-refractivity contribution is 5.96. The summed E-state index contributed by atoms with van der Waals surface area (Å²) in [6.07, 6.45) is 0. The number of nitrogens with zero attached hydrogens (tertiary/aromatic N) is 3. The van der Waals surface area contributed by atoms with E-state index in [1.807, 2.05) is 19.9 Å². The number of H-pyrrole nitrogens is 1. The van der Waals surface area contributed by atoms with Crippen LogP contribution in [0.25, 0.3) is 5.65 Å². The van der Waals surface area contributed by atoms with Crippen LogP contribution >= 0.6 is 0 Å². The van der Waals surface area contributed by atoms with Gasteiger partial charge in [0.2, 0.25) is 0 Å². The van der Waals surface area contributed by atoms with Gasteiger partial charge in [-0.25, -0.2) is 9.50 Å². The molecule has 6 nitrogen and oxygen atoms in total. The zero-order valence-electron chi connectivity index (χ0n) is 13.0. The molecule has 0 unspecified atom stereocenters. The predicted octanol–water partition coefficient (Wildman–Crippen LogP) is 1.68. The quantitative estimate of drug-likeness (QED) is 0.868. The number of hydrogen-bond acceptors (Lipinski definition) is 3. The molecule has 21 heavy (non-hydrogen) atoms. The van der Waals surface area contributed by atoms with E-state index in [4.69, 9.17) is 0 Å². The van der Waals surface area contributed by atoms with Crippen LogP contribution in [0.1, 0.15) is 56.4 Å². The average Bonchev–Trinajstić information content (AvgIpc) is 2.92. The van der Waals surface area contributed by atoms with Crippen LogP contribution in [-0.2, 0) is 12.0 Å². The lowest BCUT2D eigenvalue weighted by Gasteiger charge is -2.19. The Morgan fingerprint density at radius 1 is 1.29 bits per heavy atom. The number of hydrogen-bond donors (Lipinski definition) is 1. The molecular formula is C15H20N4O2. The molecule has 0 bridgehead atoms. The number of aromatic nitrogens is 3. The van der Waals surface area contributed by atoms with Crippen LogP contribution in [-0.4, -0.2) is 31.4 Å². The van der Waals surface area contributed by atoms with E-state index in [1.165, 1.54) is 4.52 Å². The second kappa shape index (κ2) is 4.19. The standard InChI is InChI=1S/C15H20N4O2/c1-8(2)18-7-9-12(14(18)21)16-11-6-10(15(3,4)5)17-19(11)13(9)20/h6,8,17H,7H2,1-5H3. The molecule has 6 heteroatoms. The van der Waals surface area contributed by atoms with Gasteiger partial charge in [-0.15, -0.1) is 0 Å². The lowest BCUT2D eigenvalue weighted by atomic mass is 9.93. The first-order valence-corrected chi connectivity index (χ1v) is 7.16. The van der Waals surface area contributed by atoms with Gasteiger partial charge in [-0.3, -0.25) is 14.7 Å². The SMILES string of the molecule is CC(C)N1Cc2c(nc3cc(C(C)(C)C)[nH]n3c2=O)C1=O. The molecule has 0 radical (unpaired) electrons. The number of carbonyl (C=O) groups excluding carboxylic acids is 1. The molecule has 0 atom stereocenters. The van der Waals surface area contributed by atoms with Crippen molar-refractivity contribution in [1.29, 1.82) is 0 Å². The first-order valence-electron chi connectivity index (χ1n) is 7.16. The number of nitrogens with one attached hydrogen (secondary N) is 1. The first kappa shape index (κ1) is 13.9. The largest absolute Gasteiger partial charge is 0.330 e. The van der Waals surface area contributed by atoms with Crippen molar-refractivity contribution < 1.29 is 4.79 Å².